The molecule has 0 aliphatic carbocycles. The molecule has 90 valence electrons. The van der Waals surface area contributed by atoms with Gasteiger partial charge in [0.25, 0.3) is 10.0 Å². The minimum absolute atomic E-state index is 0.0820. The number of aromatic amines is 1. The van der Waals surface area contributed by atoms with E-state index in [0.29, 0.717) is 19.0 Å². The summed E-state index contributed by atoms with van der Waals surface area (Å²) in [6.07, 6.45) is 3.55. The maximum Gasteiger partial charge on any atom is 0.260 e. The molecule has 1 aliphatic rings. The number of aromatic nitrogens is 2. The van der Waals surface area contributed by atoms with Gasteiger partial charge in [-0.05, 0) is 12.3 Å². The third kappa shape index (κ3) is 2.11. The Labute approximate surface area is 94.9 Å². The molecule has 0 spiro atoms. The average Bonchev–Trinajstić information content (AvgIpc) is 2.69. The molecule has 2 heterocycles. The van der Waals surface area contributed by atoms with E-state index in [2.05, 4.69) is 9.97 Å². The van der Waals surface area contributed by atoms with Crippen molar-refractivity contribution in [1.29, 1.82) is 0 Å². The molecule has 2 atom stereocenters. The number of imidazole rings is 1. The predicted octanol–water partition coefficient (Wildman–Crippen LogP) is -0.232. The summed E-state index contributed by atoms with van der Waals surface area (Å²) in [6, 6.07) is -0.0820. The van der Waals surface area contributed by atoms with Crippen molar-refractivity contribution in [3.05, 3.63) is 12.5 Å². The van der Waals surface area contributed by atoms with Gasteiger partial charge in [0, 0.05) is 19.1 Å². The number of hydrogen-bond acceptors (Lipinski definition) is 4. The topological polar surface area (TPSA) is 92.1 Å². The first-order chi connectivity index (χ1) is 7.50. The number of nitrogens with two attached hydrogens (primary N) is 1. The zero-order chi connectivity index (χ0) is 11.8. The van der Waals surface area contributed by atoms with Crippen molar-refractivity contribution in [1.82, 2.24) is 14.3 Å². The second-order valence-electron chi connectivity index (χ2n) is 4.34. The van der Waals surface area contributed by atoms with Crippen LogP contribution in [0.15, 0.2) is 17.6 Å². The summed E-state index contributed by atoms with van der Waals surface area (Å²) in [5, 5.41) is 0.133. The van der Waals surface area contributed by atoms with Crippen LogP contribution in [0.5, 0.6) is 0 Å². The first-order valence-electron chi connectivity index (χ1n) is 5.24. The van der Waals surface area contributed by atoms with Crippen LogP contribution in [0.3, 0.4) is 0 Å². The quantitative estimate of drug-likeness (QED) is 0.751. The van der Waals surface area contributed by atoms with Crippen LogP contribution >= 0.6 is 0 Å². The van der Waals surface area contributed by atoms with Gasteiger partial charge in [0.2, 0.25) is 0 Å². The first kappa shape index (κ1) is 11.6. The van der Waals surface area contributed by atoms with E-state index in [-0.39, 0.29) is 11.1 Å². The van der Waals surface area contributed by atoms with Gasteiger partial charge in [-0.1, -0.05) is 6.92 Å². The van der Waals surface area contributed by atoms with Crippen LogP contribution in [-0.2, 0) is 10.0 Å². The molecule has 0 amide bonds. The van der Waals surface area contributed by atoms with Crippen molar-refractivity contribution in [2.45, 2.75) is 24.4 Å². The number of H-pyrrole nitrogens is 1. The third-order valence-electron chi connectivity index (χ3n) is 2.75. The Balaban J connectivity index is 2.24. The van der Waals surface area contributed by atoms with Crippen molar-refractivity contribution in [2.24, 2.45) is 11.7 Å². The minimum Gasteiger partial charge on any atom is -0.335 e. The van der Waals surface area contributed by atoms with E-state index in [9.17, 15) is 8.42 Å². The number of hydrogen-bond donors (Lipinski definition) is 2. The standard InChI is InChI=1S/C9H16N4O2S/c1-7-2-8(10)5-13(4-7)16(14,15)9-3-11-6-12-9/h3,6-8H,2,4-5,10H2,1H3,(H,11,12). The van der Waals surface area contributed by atoms with Crippen LogP contribution in [0.1, 0.15) is 13.3 Å². The van der Waals surface area contributed by atoms with E-state index < -0.39 is 10.0 Å². The lowest BCUT2D eigenvalue weighted by atomic mass is 9.99. The van der Waals surface area contributed by atoms with Crippen LogP contribution in [-0.4, -0.2) is 41.8 Å². The molecule has 1 saturated heterocycles. The largest absolute Gasteiger partial charge is 0.335 e. The van der Waals surface area contributed by atoms with Gasteiger partial charge in [-0.25, -0.2) is 13.4 Å². The van der Waals surface area contributed by atoms with Crippen molar-refractivity contribution < 1.29 is 8.42 Å². The molecule has 0 saturated carbocycles. The molecule has 0 bridgehead atoms. The summed E-state index contributed by atoms with van der Waals surface area (Å²) in [5.74, 6) is 0.293. The maximum atomic E-state index is 12.1. The van der Waals surface area contributed by atoms with Gasteiger partial charge in [-0.15, -0.1) is 0 Å². The lowest BCUT2D eigenvalue weighted by Gasteiger charge is -2.33. The van der Waals surface area contributed by atoms with Crippen molar-refractivity contribution in [3.63, 3.8) is 0 Å². The zero-order valence-electron chi connectivity index (χ0n) is 9.13. The van der Waals surface area contributed by atoms with Crippen LogP contribution in [0.25, 0.3) is 0 Å². The summed E-state index contributed by atoms with van der Waals surface area (Å²) in [7, 11) is -3.45. The minimum atomic E-state index is -3.45. The van der Waals surface area contributed by atoms with Gasteiger partial charge in [-0.3, -0.25) is 0 Å². The molecule has 1 aliphatic heterocycles. The summed E-state index contributed by atoms with van der Waals surface area (Å²) < 4.78 is 25.7. The number of piperidine rings is 1. The Morgan fingerprint density at radius 3 is 2.88 bits per heavy atom. The number of nitrogens with zero attached hydrogens (tertiary/aromatic N) is 2. The highest BCUT2D eigenvalue weighted by Crippen LogP contribution is 2.21. The van der Waals surface area contributed by atoms with Gasteiger partial charge < -0.3 is 10.7 Å². The van der Waals surface area contributed by atoms with E-state index in [1.807, 2.05) is 6.92 Å². The molecule has 2 rings (SSSR count). The Hall–Kier alpha value is -0.920. The first-order valence-corrected chi connectivity index (χ1v) is 6.68. The third-order valence-corrected chi connectivity index (χ3v) is 4.51. The summed E-state index contributed by atoms with van der Waals surface area (Å²) in [5.41, 5.74) is 5.83. The van der Waals surface area contributed by atoms with Crippen LogP contribution in [0, 0.1) is 5.92 Å². The highest BCUT2D eigenvalue weighted by atomic mass is 32.2. The predicted molar refractivity (Wildman–Crippen MR) is 59.1 cm³/mol. The van der Waals surface area contributed by atoms with Gasteiger partial charge in [-0.2, -0.15) is 4.31 Å². The second kappa shape index (κ2) is 4.15. The molecular formula is C9H16N4O2S. The summed E-state index contributed by atoms with van der Waals surface area (Å²) in [4.78, 5) is 6.35. The fourth-order valence-electron chi connectivity index (χ4n) is 2.07. The lowest BCUT2D eigenvalue weighted by molar-refractivity contribution is 0.254. The molecule has 16 heavy (non-hydrogen) atoms. The SMILES string of the molecule is CC1CC(N)CN(S(=O)(=O)c2cnc[nH]2)C1. The molecule has 0 radical (unpaired) electrons. The normalized spacial score (nSPS) is 28.1. The lowest BCUT2D eigenvalue weighted by Crippen LogP contribution is -2.48. The monoisotopic (exact) mass is 244 g/mol. The molecular weight excluding hydrogens is 228 g/mol. The zero-order valence-corrected chi connectivity index (χ0v) is 9.94. The van der Waals surface area contributed by atoms with E-state index in [4.69, 9.17) is 5.73 Å². The molecule has 2 unspecified atom stereocenters. The summed E-state index contributed by atoms with van der Waals surface area (Å²) >= 11 is 0. The molecule has 1 aromatic rings. The number of nitrogens with one attached hydrogen (secondary N) is 1. The van der Waals surface area contributed by atoms with Crippen molar-refractivity contribution in [2.75, 3.05) is 13.1 Å². The fourth-order valence-corrected chi connectivity index (χ4v) is 3.58. The van der Waals surface area contributed by atoms with Crippen LogP contribution in [0.4, 0.5) is 0 Å². The van der Waals surface area contributed by atoms with E-state index in [1.165, 1.54) is 16.8 Å². The molecule has 6 nitrogen and oxygen atoms in total. The Morgan fingerprint density at radius 1 is 1.56 bits per heavy atom. The van der Waals surface area contributed by atoms with Gasteiger partial charge in [0.15, 0.2) is 5.03 Å². The summed E-state index contributed by atoms with van der Waals surface area (Å²) in [6.45, 7) is 2.91. The molecule has 1 fully saturated rings. The maximum absolute atomic E-state index is 12.1. The Bertz CT molecular complexity index is 432. The fraction of sp³-hybridized carbons (Fsp3) is 0.667. The highest BCUT2D eigenvalue weighted by Gasteiger charge is 2.32. The van der Waals surface area contributed by atoms with Crippen LogP contribution < -0.4 is 5.73 Å². The van der Waals surface area contributed by atoms with Crippen molar-refractivity contribution in [3.8, 4) is 0 Å². The van der Waals surface area contributed by atoms with Crippen molar-refractivity contribution >= 4 is 10.0 Å². The van der Waals surface area contributed by atoms with Crippen LogP contribution in [0.2, 0.25) is 0 Å². The second-order valence-corrected chi connectivity index (χ2v) is 6.25. The highest BCUT2D eigenvalue weighted by molar-refractivity contribution is 7.89. The molecule has 1 aromatic heterocycles. The Morgan fingerprint density at radius 2 is 2.31 bits per heavy atom. The van der Waals surface area contributed by atoms with E-state index in [0.717, 1.165) is 6.42 Å². The number of rotatable bonds is 2. The van der Waals surface area contributed by atoms with Gasteiger partial charge in [0.1, 0.15) is 0 Å². The van der Waals surface area contributed by atoms with E-state index >= 15 is 0 Å². The average molecular weight is 244 g/mol. The molecule has 3 N–H and O–H groups in total. The molecule has 0 aromatic carbocycles. The van der Waals surface area contributed by atoms with Gasteiger partial charge >= 0.3 is 0 Å². The van der Waals surface area contributed by atoms with E-state index in [1.54, 1.807) is 0 Å². The number of sulfonamides is 1. The molecule has 7 heteroatoms. The Kier molecular flexibility index (Phi) is 3.00. The smallest absolute Gasteiger partial charge is 0.260 e. The van der Waals surface area contributed by atoms with Gasteiger partial charge in [0.05, 0.1) is 12.5 Å².